The Morgan fingerprint density at radius 2 is 1.47 bits per heavy atom. The molecule has 11 nitrogen and oxygen atoms in total. The van der Waals surface area contributed by atoms with Crippen molar-refractivity contribution in [2.24, 2.45) is 0 Å². The lowest BCUT2D eigenvalue weighted by molar-refractivity contribution is 0.0136. The van der Waals surface area contributed by atoms with E-state index in [9.17, 15) is 19.5 Å². The van der Waals surface area contributed by atoms with Crippen molar-refractivity contribution in [1.29, 1.82) is 0 Å². The summed E-state index contributed by atoms with van der Waals surface area (Å²) < 4.78 is 26.5. The van der Waals surface area contributed by atoms with Gasteiger partial charge in [0.2, 0.25) is 0 Å². The minimum Gasteiger partial charge on any atom is -0.508 e. The smallest absolute Gasteiger partial charge is 0.407 e. The second kappa shape index (κ2) is 15.1. The zero-order valence-electron chi connectivity index (χ0n) is 21.1. The Morgan fingerprint density at radius 1 is 0.889 bits per heavy atom. The van der Waals surface area contributed by atoms with E-state index < -0.39 is 23.2 Å². The number of fused-ring (bicyclic) bond motifs is 1. The van der Waals surface area contributed by atoms with Gasteiger partial charge in [0.1, 0.15) is 22.5 Å². The summed E-state index contributed by atoms with van der Waals surface area (Å²) >= 11 is 0. The van der Waals surface area contributed by atoms with Gasteiger partial charge >= 0.3 is 11.7 Å². The van der Waals surface area contributed by atoms with Gasteiger partial charge in [-0.05, 0) is 51.8 Å². The van der Waals surface area contributed by atoms with Crippen molar-refractivity contribution in [3.63, 3.8) is 0 Å². The van der Waals surface area contributed by atoms with Crippen molar-refractivity contribution >= 4 is 23.0 Å². The van der Waals surface area contributed by atoms with Gasteiger partial charge < -0.3 is 39.1 Å². The molecule has 1 heterocycles. The summed E-state index contributed by atoms with van der Waals surface area (Å²) in [5, 5.41) is 15.3. The first-order valence-electron chi connectivity index (χ1n) is 11.9. The van der Waals surface area contributed by atoms with Crippen LogP contribution in [0.2, 0.25) is 0 Å². The van der Waals surface area contributed by atoms with Gasteiger partial charge in [-0.15, -0.1) is 0 Å². The van der Waals surface area contributed by atoms with Gasteiger partial charge in [-0.2, -0.15) is 0 Å². The molecule has 0 atom stereocenters. The van der Waals surface area contributed by atoms with E-state index in [4.69, 9.17) is 23.4 Å². The summed E-state index contributed by atoms with van der Waals surface area (Å²) in [5.74, 6) is -0.550. The van der Waals surface area contributed by atoms with Crippen LogP contribution in [0.4, 0.5) is 4.79 Å². The number of carbonyl (C=O) groups excluding carboxylic acids is 2. The topological polar surface area (TPSA) is 146 Å². The third-order valence-electron chi connectivity index (χ3n) is 4.59. The van der Waals surface area contributed by atoms with Gasteiger partial charge in [0.25, 0.3) is 5.91 Å². The summed E-state index contributed by atoms with van der Waals surface area (Å²) in [7, 11) is 0. The number of alkyl carbamates (subject to hydrolysis) is 1. The van der Waals surface area contributed by atoms with Gasteiger partial charge in [-0.1, -0.05) is 0 Å². The molecule has 2 amide bonds. The summed E-state index contributed by atoms with van der Waals surface area (Å²) in [4.78, 5) is 35.8. The van der Waals surface area contributed by atoms with Crippen LogP contribution in [0.1, 0.15) is 44.0 Å². The molecule has 2 aromatic rings. The van der Waals surface area contributed by atoms with E-state index in [-0.39, 0.29) is 16.9 Å². The van der Waals surface area contributed by atoms with Crippen LogP contribution in [-0.2, 0) is 18.9 Å². The van der Waals surface area contributed by atoms with Crippen molar-refractivity contribution in [3.05, 3.63) is 40.2 Å². The fourth-order valence-electron chi connectivity index (χ4n) is 2.95. The molecule has 0 saturated heterocycles. The molecule has 200 valence electrons. The first kappa shape index (κ1) is 29.1. The predicted octanol–water partition coefficient (Wildman–Crippen LogP) is 2.58. The fraction of sp³-hybridized carbons (Fsp3) is 0.560. The minimum absolute atomic E-state index is 0.0249. The monoisotopic (exact) mass is 508 g/mol. The molecule has 0 saturated carbocycles. The molecule has 0 aliphatic rings. The van der Waals surface area contributed by atoms with E-state index in [1.165, 1.54) is 18.2 Å². The third kappa shape index (κ3) is 11.5. The van der Waals surface area contributed by atoms with Crippen molar-refractivity contribution in [2.45, 2.75) is 39.2 Å². The molecule has 2 rings (SSSR count). The van der Waals surface area contributed by atoms with E-state index in [0.29, 0.717) is 71.0 Å². The summed E-state index contributed by atoms with van der Waals surface area (Å²) in [6, 6.07) is 5.78. The first-order chi connectivity index (χ1) is 17.2. The minimum atomic E-state index is -0.763. The highest BCUT2D eigenvalue weighted by molar-refractivity contribution is 5.96. The lowest BCUT2D eigenvalue weighted by Crippen LogP contribution is -2.33. The Hall–Kier alpha value is -3.15. The number of benzene rings is 1. The normalized spacial score (nSPS) is 11.4. The van der Waals surface area contributed by atoms with E-state index in [2.05, 4.69) is 10.6 Å². The molecule has 3 N–H and O–H groups in total. The van der Waals surface area contributed by atoms with Crippen LogP contribution in [0.15, 0.2) is 33.5 Å². The Bertz CT molecular complexity index is 1030. The Morgan fingerprint density at radius 3 is 2.08 bits per heavy atom. The maximum absolute atomic E-state index is 12.3. The number of amides is 2. The Labute approximate surface area is 210 Å². The van der Waals surface area contributed by atoms with Gasteiger partial charge in [0.05, 0.1) is 26.4 Å². The van der Waals surface area contributed by atoms with Gasteiger partial charge in [-0.25, -0.2) is 9.59 Å². The lowest BCUT2D eigenvalue weighted by atomic mass is 10.1. The number of phenols is 1. The Kier molecular flexibility index (Phi) is 12.2. The highest BCUT2D eigenvalue weighted by atomic mass is 16.6. The molecular formula is C25H36N2O9. The molecule has 0 unspecified atom stereocenters. The number of carbonyl (C=O) groups is 2. The fourth-order valence-corrected chi connectivity index (χ4v) is 2.95. The number of rotatable bonds is 15. The highest BCUT2D eigenvalue weighted by Crippen LogP contribution is 2.19. The van der Waals surface area contributed by atoms with Crippen LogP contribution in [0.25, 0.3) is 11.0 Å². The number of phenolic OH excluding ortho intramolecular Hbond substituents is 1. The standard InChI is InChI=1S/C25H36N2O9/c1-25(2,3)36-24(31)27-9-5-11-33-13-15-34-14-12-32-10-4-8-26-22(29)20-16-18-6-7-19(28)17-21(18)35-23(20)30/h6-7,16-17,28H,4-5,8-15H2,1-3H3,(H,26,29)(H,27,31). The van der Waals surface area contributed by atoms with E-state index in [1.54, 1.807) is 6.07 Å². The molecule has 36 heavy (non-hydrogen) atoms. The highest BCUT2D eigenvalue weighted by Gasteiger charge is 2.15. The zero-order chi connectivity index (χ0) is 26.4. The molecule has 11 heteroatoms. The van der Waals surface area contributed by atoms with Crippen LogP contribution in [0.5, 0.6) is 5.75 Å². The maximum Gasteiger partial charge on any atom is 0.407 e. The van der Waals surface area contributed by atoms with Crippen LogP contribution in [0.3, 0.4) is 0 Å². The molecule has 0 aliphatic heterocycles. The van der Waals surface area contributed by atoms with E-state index in [0.717, 1.165) is 0 Å². The van der Waals surface area contributed by atoms with Crippen LogP contribution >= 0.6 is 0 Å². The first-order valence-corrected chi connectivity index (χ1v) is 11.9. The zero-order valence-corrected chi connectivity index (χ0v) is 21.1. The Balaban J connectivity index is 1.43. The average molecular weight is 509 g/mol. The van der Waals surface area contributed by atoms with Crippen molar-refractivity contribution in [1.82, 2.24) is 10.6 Å². The second-order valence-electron chi connectivity index (χ2n) is 8.90. The molecular weight excluding hydrogens is 472 g/mol. The van der Waals surface area contributed by atoms with Crippen LogP contribution < -0.4 is 16.3 Å². The van der Waals surface area contributed by atoms with E-state index >= 15 is 0 Å². The lowest BCUT2D eigenvalue weighted by Gasteiger charge is -2.19. The number of ether oxygens (including phenoxy) is 4. The van der Waals surface area contributed by atoms with Crippen molar-refractivity contribution < 1.29 is 38.1 Å². The molecule has 0 spiro atoms. The summed E-state index contributed by atoms with van der Waals surface area (Å²) in [6.45, 7) is 8.90. The number of hydrogen-bond donors (Lipinski definition) is 3. The van der Waals surface area contributed by atoms with Crippen LogP contribution in [0, 0.1) is 0 Å². The number of hydrogen-bond acceptors (Lipinski definition) is 9. The SMILES string of the molecule is CC(C)(C)OC(=O)NCCCOCCOCCOCCCNC(=O)c1cc2ccc(O)cc2oc1=O. The molecule has 1 aromatic carbocycles. The van der Waals surface area contributed by atoms with Crippen molar-refractivity contribution in [2.75, 3.05) is 52.7 Å². The maximum atomic E-state index is 12.3. The largest absolute Gasteiger partial charge is 0.508 e. The molecule has 0 aliphatic carbocycles. The second-order valence-corrected chi connectivity index (χ2v) is 8.90. The third-order valence-corrected chi connectivity index (χ3v) is 4.59. The molecule has 0 fully saturated rings. The summed E-state index contributed by atoms with van der Waals surface area (Å²) in [5.41, 5.74) is -1.15. The van der Waals surface area contributed by atoms with Gasteiger partial charge in [0, 0.05) is 37.8 Å². The van der Waals surface area contributed by atoms with E-state index in [1.807, 2.05) is 20.8 Å². The molecule has 0 radical (unpaired) electrons. The van der Waals surface area contributed by atoms with Crippen LogP contribution in [-0.4, -0.2) is 75.4 Å². The quantitative estimate of drug-likeness (QED) is 0.244. The molecule has 1 aromatic heterocycles. The summed E-state index contributed by atoms with van der Waals surface area (Å²) in [6.07, 6.45) is 0.807. The van der Waals surface area contributed by atoms with Crippen molar-refractivity contribution in [3.8, 4) is 5.75 Å². The average Bonchev–Trinajstić information content (AvgIpc) is 2.79. The predicted molar refractivity (Wildman–Crippen MR) is 132 cm³/mol. The number of nitrogens with one attached hydrogen (secondary N) is 2. The van der Waals surface area contributed by atoms with Gasteiger partial charge in [-0.3, -0.25) is 4.79 Å². The van der Waals surface area contributed by atoms with Gasteiger partial charge in [0.15, 0.2) is 0 Å². The number of aromatic hydroxyl groups is 1. The molecule has 0 bridgehead atoms.